The van der Waals surface area contributed by atoms with Gasteiger partial charge in [-0.05, 0) is 13.0 Å². The van der Waals surface area contributed by atoms with Crippen LogP contribution in [0.3, 0.4) is 0 Å². The molecule has 10 heteroatoms. The molecule has 0 aromatic carbocycles. The van der Waals surface area contributed by atoms with Crippen LogP contribution in [0.5, 0.6) is 0 Å². The van der Waals surface area contributed by atoms with Crippen molar-refractivity contribution in [3.63, 3.8) is 0 Å². The van der Waals surface area contributed by atoms with Gasteiger partial charge in [-0.2, -0.15) is 13.2 Å². The Kier molecular flexibility index (Phi) is 3.78. The van der Waals surface area contributed by atoms with E-state index in [4.69, 9.17) is 0 Å². The van der Waals surface area contributed by atoms with Gasteiger partial charge in [0.2, 0.25) is 5.95 Å². The van der Waals surface area contributed by atoms with Crippen LogP contribution in [0.15, 0.2) is 23.4 Å². The third kappa shape index (κ3) is 3.09. The van der Waals surface area contributed by atoms with Gasteiger partial charge in [0.25, 0.3) is 11.5 Å². The molecule has 0 bridgehead atoms. The minimum atomic E-state index is -4.66. The first-order valence-electron chi connectivity index (χ1n) is 5.82. The van der Waals surface area contributed by atoms with Crippen LogP contribution in [0.25, 0.3) is 0 Å². The van der Waals surface area contributed by atoms with Gasteiger partial charge in [0.05, 0.1) is 5.56 Å². The van der Waals surface area contributed by atoms with E-state index in [-0.39, 0.29) is 5.95 Å². The molecule has 2 rings (SSSR count). The van der Waals surface area contributed by atoms with Crippen molar-refractivity contribution in [2.24, 2.45) is 0 Å². The van der Waals surface area contributed by atoms with Crippen LogP contribution in [0.2, 0.25) is 0 Å². The predicted molar refractivity (Wildman–Crippen MR) is 65.7 cm³/mol. The molecule has 7 nitrogen and oxygen atoms in total. The summed E-state index contributed by atoms with van der Waals surface area (Å²) < 4.78 is 39.2. The first-order valence-corrected chi connectivity index (χ1v) is 5.82. The predicted octanol–water partition coefficient (Wildman–Crippen LogP) is 1.26. The van der Waals surface area contributed by atoms with Gasteiger partial charge in [0, 0.05) is 12.7 Å². The Morgan fingerprint density at radius 3 is 2.81 bits per heavy atom. The van der Waals surface area contributed by atoms with Crippen LogP contribution in [0.4, 0.5) is 19.1 Å². The summed E-state index contributed by atoms with van der Waals surface area (Å²) in [5.41, 5.74) is -2.71. The zero-order valence-corrected chi connectivity index (χ0v) is 10.7. The molecule has 2 N–H and O–H groups in total. The fourth-order valence-electron chi connectivity index (χ4n) is 1.57. The maximum Gasteiger partial charge on any atom is 0.417 e. The molecule has 0 unspecified atom stereocenters. The van der Waals surface area contributed by atoms with Crippen molar-refractivity contribution in [3.05, 3.63) is 40.1 Å². The van der Waals surface area contributed by atoms with Crippen molar-refractivity contribution in [2.75, 3.05) is 5.32 Å². The number of rotatable bonds is 3. The van der Waals surface area contributed by atoms with E-state index in [2.05, 4.69) is 15.5 Å². The molecule has 0 atom stereocenters. The summed E-state index contributed by atoms with van der Waals surface area (Å²) in [7, 11) is 0. The van der Waals surface area contributed by atoms with Crippen LogP contribution in [-0.4, -0.2) is 25.7 Å². The Labute approximate surface area is 115 Å². The third-order valence-corrected chi connectivity index (χ3v) is 2.66. The molecule has 0 aliphatic carbocycles. The fraction of sp³-hybridized carbons (Fsp3) is 0.273. The van der Waals surface area contributed by atoms with Crippen molar-refractivity contribution in [1.82, 2.24) is 19.7 Å². The highest BCUT2D eigenvalue weighted by atomic mass is 19.4. The summed E-state index contributed by atoms with van der Waals surface area (Å²) in [4.78, 5) is 25.3. The Morgan fingerprint density at radius 2 is 2.19 bits per heavy atom. The van der Waals surface area contributed by atoms with Gasteiger partial charge >= 0.3 is 6.18 Å². The molecule has 2 aromatic rings. The monoisotopic (exact) mass is 301 g/mol. The average Bonchev–Trinajstić information content (AvgIpc) is 2.84. The average molecular weight is 301 g/mol. The third-order valence-electron chi connectivity index (χ3n) is 2.66. The lowest BCUT2D eigenvalue weighted by atomic mass is 10.2. The van der Waals surface area contributed by atoms with E-state index in [9.17, 15) is 22.8 Å². The van der Waals surface area contributed by atoms with Crippen LogP contribution >= 0.6 is 0 Å². The number of halogens is 3. The van der Waals surface area contributed by atoms with E-state index in [0.29, 0.717) is 18.8 Å². The zero-order chi connectivity index (χ0) is 15.6. The summed E-state index contributed by atoms with van der Waals surface area (Å²) in [6.07, 6.45) is -2.82. The minimum absolute atomic E-state index is 0.0410. The first-order chi connectivity index (χ1) is 9.82. The minimum Gasteiger partial charge on any atom is -0.328 e. The van der Waals surface area contributed by atoms with Crippen molar-refractivity contribution < 1.29 is 18.0 Å². The summed E-state index contributed by atoms with van der Waals surface area (Å²) >= 11 is 0. The van der Waals surface area contributed by atoms with E-state index >= 15 is 0 Å². The maximum atomic E-state index is 12.6. The number of alkyl halides is 3. The molecular weight excluding hydrogens is 291 g/mol. The molecule has 0 fully saturated rings. The molecule has 0 spiro atoms. The Balaban J connectivity index is 2.33. The van der Waals surface area contributed by atoms with E-state index in [1.165, 1.54) is 10.9 Å². The highest BCUT2D eigenvalue weighted by Crippen LogP contribution is 2.28. The van der Waals surface area contributed by atoms with Crippen molar-refractivity contribution in [1.29, 1.82) is 0 Å². The number of anilines is 1. The van der Waals surface area contributed by atoms with Crippen LogP contribution in [0, 0.1) is 0 Å². The molecule has 0 aliphatic heterocycles. The van der Waals surface area contributed by atoms with E-state index in [1.807, 2.05) is 4.98 Å². The summed E-state index contributed by atoms with van der Waals surface area (Å²) in [6.45, 7) is 2.21. The van der Waals surface area contributed by atoms with Gasteiger partial charge in [-0.1, -0.05) is 0 Å². The summed E-state index contributed by atoms with van der Waals surface area (Å²) in [5.74, 6) is -0.954. The number of carbonyl (C=O) groups is 1. The SMILES string of the molecule is CCn1cnnc1NC(=O)c1cc(C(F)(F)F)c[nH]c1=O. The van der Waals surface area contributed by atoms with Crippen LogP contribution < -0.4 is 10.9 Å². The van der Waals surface area contributed by atoms with Gasteiger partial charge in [-0.3, -0.25) is 19.5 Å². The van der Waals surface area contributed by atoms with Gasteiger partial charge in [0.15, 0.2) is 0 Å². The number of aromatic amines is 1. The number of amides is 1. The van der Waals surface area contributed by atoms with E-state index in [1.54, 1.807) is 6.92 Å². The van der Waals surface area contributed by atoms with Gasteiger partial charge in [-0.15, -0.1) is 10.2 Å². The number of hydrogen-bond donors (Lipinski definition) is 2. The van der Waals surface area contributed by atoms with Gasteiger partial charge in [-0.25, -0.2) is 0 Å². The molecule has 1 amide bonds. The molecule has 21 heavy (non-hydrogen) atoms. The Bertz CT molecular complexity index is 719. The maximum absolute atomic E-state index is 12.6. The molecular formula is C11H10F3N5O2. The topological polar surface area (TPSA) is 92.7 Å². The number of pyridine rings is 1. The molecule has 112 valence electrons. The Morgan fingerprint density at radius 1 is 1.48 bits per heavy atom. The van der Waals surface area contributed by atoms with E-state index in [0.717, 1.165) is 0 Å². The van der Waals surface area contributed by atoms with Crippen LogP contribution in [0.1, 0.15) is 22.8 Å². The number of hydrogen-bond acceptors (Lipinski definition) is 4. The number of aryl methyl sites for hydroxylation is 1. The normalized spacial score (nSPS) is 11.4. The van der Waals surface area contributed by atoms with Crippen molar-refractivity contribution in [2.45, 2.75) is 19.6 Å². The summed E-state index contributed by atoms with van der Waals surface area (Å²) in [5, 5.41) is 9.39. The van der Waals surface area contributed by atoms with Crippen molar-refractivity contribution >= 4 is 11.9 Å². The number of nitrogens with one attached hydrogen (secondary N) is 2. The standard InChI is InChI=1S/C11H10F3N5O2/c1-2-19-5-16-18-10(19)17-9(21)7-3-6(11(12,13)14)4-15-8(7)20/h3-5H,2H2,1H3,(H,15,20)(H,17,18,21). The number of nitrogens with zero attached hydrogens (tertiary/aromatic N) is 3. The van der Waals surface area contributed by atoms with E-state index < -0.39 is 28.8 Å². The van der Waals surface area contributed by atoms with Gasteiger partial charge < -0.3 is 4.98 Å². The number of aromatic nitrogens is 4. The quantitative estimate of drug-likeness (QED) is 0.892. The highest BCUT2D eigenvalue weighted by Gasteiger charge is 2.32. The molecule has 0 saturated carbocycles. The second kappa shape index (κ2) is 5.38. The lowest BCUT2D eigenvalue weighted by Crippen LogP contribution is -2.25. The summed E-state index contributed by atoms with van der Waals surface area (Å²) in [6, 6.07) is 0.487. The molecule has 2 heterocycles. The lowest BCUT2D eigenvalue weighted by molar-refractivity contribution is -0.137. The van der Waals surface area contributed by atoms with Crippen LogP contribution in [-0.2, 0) is 12.7 Å². The first kappa shape index (κ1) is 14.8. The van der Waals surface area contributed by atoms with Crippen molar-refractivity contribution in [3.8, 4) is 0 Å². The molecule has 0 saturated heterocycles. The zero-order valence-electron chi connectivity index (χ0n) is 10.7. The second-order valence-corrected chi connectivity index (χ2v) is 4.02. The molecule has 0 aliphatic rings. The van der Waals surface area contributed by atoms with Gasteiger partial charge in [0.1, 0.15) is 11.9 Å². The Hall–Kier alpha value is -2.65. The number of carbonyl (C=O) groups excluding carboxylic acids is 1. The number of H-pyrrole nitrogens is 1. The lowest BCUT2D eigenvalue weighted by Gasteiger charge is -2.08. The highest BCUT2D eigenvalue weighted by molar-refractivity contribution is 6.03. The second-order valence-electron chi connectivity index (χ2n) is 4.02. The molecule has 2 aromatic heterocycles. The largest absolute Gasteiger partial charge is 0.417 e. The fourth-order valence-corrected chi connectivity index (χ4v) is 1.57. The molecule has 0 radical (unpaired) electrons. The smallest absolute Gasteiger partial charge is 0.328 e.